The standard InChI is InChI=1S/C13H21F2N3/c1-2-5-13(14,15)18-10-12(9-16)8-11-3-6-17-7-4-11/h2,9-11,16-18H,1,3-8H2/b12-10-,16-9?. The van der Waals surface area contributed by atoms with E-state index in [2.05, 4.69) is 17.2 Å². The summed E-state index contributed by atoms with van der Waals surface area (Å²) in [7, 11) is 0. The van der Waals surface area contributed by atoms with Gasteiger partial charge in [-0.1, -0.05) is 6.08 Å². The molecule has 1 aliphatic rings. The molecule has 0 radical (unpaired) electrons. The van der Waals surface area contributed by atoms with E-state index < -0.39 is 12.5 Å². The van der Waals surface area contributed by atoms with Crippen LogP contribution in [0.1, 0.15) is 25.7 Å². The first-order valence-corrected chi connectivity index (χ1v) is 6.24. The molecule has 1 rings (SSSR count). The zero-order valence-corrected chi connectivity index (χ0v) is 10.5. The van der Waals surface area contributed by atoms with Crippen LogP contribution >= 0.6 is 0 Å². The lowest BCUT2D eigenvalue weighted by Crippen LogP contribution is -2.32. The van der Waals surface area contributed by atoms with Gasteiger partial charge in [0.15, 0.2) is 0 Å². The van der Waals surface area contributed by atoms with E-state index in [0.717, 1.165) is 32.1 Å². The molecule has 0 aliphatic carbocycles. The van der Waals surface area contributed by atoms with E-state index in [1.165, 1.54) is 12.3 Å². The number of halogens is 2. The molecule has 0 aromatic rings. The van der Waals surface area contributed by atoms with Crippen LogP contribution in [0.25, 0.3) is 0 Å². The summed E-state index contributed by atoms with van der Waals surface area (Å²) >= 11 is 0. The van der Waals surface area contributed by atoms with Gasteiger partial charge in [-0.3, -0.25) is 0 Å². The van der Waals surface area contributed by atoms with Crippen molar-refractivity contribution >= 4 is 6.21 Å². The number of hydrogen-bond donors (Lipinski definition) is 3. The van der Waals surface area contributed by atoms with Gasteiger partial charge in [-0.2, -0.15) is 8.78 Å². The predicted molar refractivity (Wildman–Crippen MR) is 70.0 cm³/mol. The number of nitrogens with one attached hydrogen (secondary N) is 3. The lowest BCUT2D eigenvalue weighted by Gasteiger charge is -2.23. The van der Waals surface area contributed by atoms with E-state index in [9.17, 15) is 8.78 Å². The Kier molecular flexibility index (Phi) is 5.98. The first kappa shape index (κ1) is 14.8. The highest BCUT2D eigenvalue weighted by atomic mass is 19.3. The summed E-state index contributed by atoms with van der Waals surface area (Å²) in [6.07, 6.45) is 5.93. The average molecular weight is 257 g/mol. The maximum atomic E-state index is 13.2. The highest BCUT2D eigenvalue weighted by Gasteiger charge is 2.24. The second-order valence-corrected chi connectivity index (χ2v) is 4.60. The molecule has 1 heterocycles. The largest absolute Gasteiger partial charge is 0.333 e. The molecular weight excluding hydrogens is 236 g/mol. The van der Waals surface area contributed by atoms with E-state index >= 15 is 0 Å². The predicted octanol–water partition coefficient (Wildman–Crippen LogP) is 2.67. The van der Waals surface area contributed by atoms with Gasteiger partial charge in [0.1, 0.15) is 0 Å². The Labute approximate surface area is 107 Å². The van der Waals surface area contributed by atoms with Crippen molar-refractivity contribution < 1.29 is 8.78 Å². The van der Waals surface area contributed by atoms with Gasteiger partial charge >= 0.3 is 6.05 Å². The quantitative estimate of drug-likeness (QED) is 0.373. The molecule has 102 valence electrons. The second kappa shape index (κ2) is 7.26. The number of alkyl halides is 2. The molecule has 0 bridgehead atoms. The van der Waals surface area contributed by atoms with Crippen LogP contribution in [-0.2, 0) is 0 Å². The van der Waals surface area contributed by atoms with Crippen molar-refractivity contribution in [2.75, 3.05) is 13.1 Å². The van der Waals surface area contributed by atoms with E-state index in [4.69, 9.17) is 5.41 Å². The summed E-state index contributed by atoms with van der Waals surface area (Å²) in [5.41, 5.74) is 0.616. The van der Waals surface area contributed by atoms with Crippen LogP contribution in [-0.4, -0.2) is 25.4 Å². The Morgan fingerprint density at radius 2 is 2.11 bits per heavy atom. The highest BCUT2D eigenvalue weighted by molar-refractivity contribution is 5.75. The van der Waals surface area contributed by atoms with Gasteiger partial charge in [-0.05, 0) is 43.8 Å². The maximum absolute atomic E-state index is 13.2. The van der Waals surface area contributed by atoms with Crippen molar-refractivity contribution in [3.8, 4) is 0 Å². The van der Waals surface area contributed by atoms with Gasteiger partial charge in [0, 0.05) is 18.8 Å². The van der Waals surface area contributed by atoms with Gasteiger partial charge in [-0.15, -0.1) is 6.58 Å². The van der Waals surface area contributed by atoms with Gasteiger partial charge in [-0.25, -0.2) is 0 Å². The maximum Gasteiger partial charge on any atom is 0.326 e. The average Bonchev–Trinajstić information content (AvgIpc) is 2.35. The van der Waals surface area contributed by atoms with Gasteiger partial charge in [0.2, 0.25) is 0 Å². The normalized spacial score (nSPS) is 18.4. The smallest absolute Gasteiger partial charge is 0.326 e. The fourth-order valence-electron chi connectivity index (χ4n) is 2.02. The third kappa shape index (κ3) is 5.40. The third-order valence-corrected chi connectivity index (χ3v) is 3.04. The molecule has 0 aromatic heterocycles. The van der Waals surface area contributed by atoms with Crippen LogP contribution in [0.3, 0.4) is 0 Å². The molecule has 0 saturated carbocycles. The SMILES string of the molecule is C=CCC(F)(F)N/C=C(\C=N)CC1CCNCC1. The molecule has 3 nitrogen and oxygen atoms in total. The molecule has 0 spiro atoms. The lowest BCUT2D eigenvalue weighted by molar-refractivity contribution is -0.0180. The summed E-state index contributed by atoms with van der Waals surface area (Å²) in [6, 6.07) is -2.98. The molecule has 3 N–H and O–H groups in total. The number of allylic oxidation sites excluding steroid dienone is 1. The first-order valence-electron chi connectivity index (χ1n) is 6.24. The Balaban J connectivity index is 2.48. The zero-order chi connectivity index (χ0) is 13.4. The fourth-order valence-corrected chi connectivity index (χ4v) is 2.02. The first-order chi connectivity index (χ1) is 8.57. The molecule has 1 fully saturated rings. The fraction of sp³-hybridized carbons (Fsp3) is 0.615. The van der Waals surface area contributed by atoms with Crippen LogP contribution in [0, 0.1) is 11.3 Å². The van der Waals surface area contributed by atoms with E-state index in [1.807, 2.05) is 0 Å². The van der Waals surface area contributed by atoms with Gasteiger partial charge in [0.05, 0.1) is 0 Å². The summed E-state index contributed by atoms with van der Waals surface area (Å²) in [6.45, 7) is 5.23. The Morgan fingerprint density at radius 1 is 1.44 bits per heavy atom. The molecule has 5 heteroatoms. The van der Waals surface area contributed by atoms with Crippen LogP contribution < -0.4 is 10.6 Å². The summed E-state index contributed by atoms with van der Waals surface area (Å²) < 4.78 is 26.4. The zero-order valence-electron chi connectivity index (χ0n) is 10.5. The number of rotatable bonds is 7. The minimum absolute atomic E-state index is 0.415. The summed E-state index contributed by atoms with van der Waals surface area (Å²) in [5, 5.41) is 12.6. The van der Waals surface area contributed by atoms with Crippen LogP contribution in [0.2, 0.25) is 0 Å². The van der Waals surface area contributed by atoms with Crippen molar-refractivity contribution in [2.45, 2.75) is 31.7 Å². The molecule has 0 amide bonds. The van der Waals surface area contributed by atoms with Crippen molar-refractivity contribution in [2.24, 2.45) is 5.92 Å². The third-order valence-electron chi connectivity index (χ3n) is 3.04. The second-order valence-electron chi connectivity index (χ2n) is 4.60. The monoisotopic (exact) mass is 257 g/mol. The minimum Gasteiger partial charge on any atom is -0.333 e. The lowest BCUT2D eigenvalue weighted by atomic mass is 9.91. The van der Waals surface area contributed by atoms with Gasteiger partial charge in [0.25, 0.3) is 0 Å². The summed E-state index contributed by atoms with van der Waals surface area (Å²) in [5.74, 6) is 0.480. The summed E-state index contributed by atoms with van der Waals surface area (Å²) in [4.78, 5) is 0. The minimum atomic E-state index is -2.98. The van der Waals surface area contributed by atoms with Crippen molar-refractivity contribution in [3.63, 3.8) is 0 Å². The van der Waals surface area contributed by atoms with Gasteiger partial charge < -0.3 is 16.0 Å². The Morgan fingerprint density at radius 3 is 2.67 bits per heavy atom. The highest BCUT2D eigenvalue weighted by Crippen LogP contribution is 2.20. The topological polar surface area (TPSA) is 47.9 Å². The van der Waals surface area contributed by atoms with E-state index in [-0.39, 0.29) is 0 Å². The van der Waals surface area contributed by atoms with Crippen LogP contribution in [0.15, 0.2) is 24.4 Å². The van der Waals surface area contributed by atoms with Crippen molar-refractivity contribution in [3.05, 3.63) is 24.4 Å². The number of piperidine rings is 1. The van der Waals surface area contributed by atoms with E-state index in [0.29, 0.717) is 17.9 Å². The molecular formula is C13H21F2N3. The molecule has 18 heavy (non-hydrogen) atoms. The van der Waals surface area contributed by atoms with E-state index in [1.54, 1.807) is 0 Å². The Hall–Kier alpha value is -1.23. The molecule has 1 aliphatic heterocycles. The van der Waals surface area contributed by atoms with Crippen LogP contribution in [0.4, 0.5) is 8.78 Å². The Bertz CT molecular complexity index is 307. The van der Waals surface area contributed by atoms with Crippen LogP contribution in [0.5, 0.6) is 0 Å². The molecule has 0 atom stereocenters. The number of hydrogen-bond acceptors (Lipinski definition) is 3. The molecule has 0 unspecified atom stereocenters. The van der Waals surface area contributed by atoms with Crippen molar-refractivity contribution in [1.29, 1.82) is 5.41 Å². The molecule has 1 saturated heterocycles. The molecule has 0 aromatic carbocycles. The van der Waals surface area contributed by atoms with Crippen molar-refractivity contribution in [1.82, 2.24) is 10.6 Å².